The lowest BCUT2D eigenvalue weighted by Crippen LogP contribution is -2.11. The van der Waals surface area contributed by atoms with Crippen molar-refractivity contribution in [1.82, 2.24) is 0 Å². The van der Waals surface area contributed by atoms with Gasteiger partial charge in [-0.1, -0.05) is 17.7 Å². The standard InChI is InChI=1S/C22H19BrClNO4S/c1-14-4-7-18(10-15(14)2)25-13-16-11-20(23)22(21(12-16)28-3)29-30(26,27)19-8-5-17(24)6-9-19/h4-13H,1-3H3. The molecule has 3 rings (SSSR count). The zero-order chi connectivity index (χ0) is 21.9. The lowest BCUT2D eigenvalue weighted by molar-refractivity contribution is 0.389. The second-order valence-corrected chi connectivity index (χ2v) is 9.39. The van der Waals surface area contributed by atoms with E-state index in [1.54, 1.807) is 18.3 Å². The summed E-state index contributed by atoms with van der Waals surface area (Å²) in [4.78, 5) is 4.47. The Morgan fingerprint density at radius 1 is 1.00 bits per heavy atom. The SMILES string of the molecule is COc1cc(C=Nc2ccc(C)c(C)c2)cc(Br)c1OS(=O)(=O)c1ccc(Cl)cc1. The van der Waals surface area contributed by atoms with E-state index in [1.807, 2.05) is 32.0 Å². The normalized spacial score (nSPS) is 11.6. The van der Waals surface area contributed by atoms with Crippen LogP contribution in [0.1, 0.15) is 16.7 Å². The van der Waals surface area contributed by atoms with E-state index in [0.717, 1.165) is 11.3 Å². The first-order chi connectivity index (χ1) is 14.2. The smallest absolute Gasteiger partial charge is 0.339 e. The molecule has 156 valence electrons. The quantitative estimate of drug-likeness (QED) is 0.292. The van der Waals surface area contributed by atoms with Crippen LogP contribution < -0.4 is 8.92 Å². The van der Waals surface area contributed by atoms with E-state index >= 15 is 0 Å². The minimum Gasteiger partial charge on any atom is -0.493 e. The van der Waals surface area contributed by atoms with Gasteiger partial charge in [-0.2, -0.15) is 8.42 Å². The molecule has 0 fully saturated rings. The maximum Gasteiger partial charge on any atom is 0.339 e. The zero-order valence-corrected chi connectivity index (χ0v) is 19.7. The molecule has 3 aromatic carbocycles. The number of hydrogen-bond donors (Lipinski definition) is 0. The summed E-state index contributed by atoms with van der Waals surface area (Å²) in [5.74, 6) is 0.305. The highest BCUT2D eigenvalue weighted by molar-refractivity contribution is 9.10. The summed E-state index contributed by atoms with van der Waals surface area (Å²) in [6.07, 6.45) is 1.68. The summed E-state index contributed by atoms with van der Waals surface area (Å²) in [6, 6.07) is 15.0. The molecule has 0 amide bonds. The van der Waals surface area contributed by atoms with Gasteiger partial charge in [0, 0.05) is 11.2 Å². The van der Waals surface area contributed by atoms with Gasteiger partial charge in [0.15, 0.2) is 11.5 Å². The molecule has 0 aromatic heterocycles. The second kappa shape index (κ2) is 9.20. The molecule has 0 N–H and O–H groups in total. The average Bonchev–Trinajstić information content (AvgIpc) is 2.70. The van der Waals surface area contributed by atoms with Crippen molar-refractivity contribution in [2.45, 2.75) is 18.7 Å². The van der Waals surface area contributed by atoms with Crippen molar-refractivity contribution in [1.29, 1.82) is 0 Å². The Labute approximate surface area is 189 Å². The largest absolute Gasteiger partial charge is 0.493 e. The van der Waals surface area contributed by atoms with E-state index in [1.165, 1.54) is 36.9 Å². The Bertz CT molecular complexity index is 1210. The predicted octanol–water partition coefficient (Wildman–Crippen LogP) is 6.25. The fourth-order valence-corrected chi connectivity index (χ4v) is 4.34. The molecule has 0 aliphatic carbocycles. The number of rotatable bonds is 6. The van der Waals surface area contributed by atoms with Gasteiger partial charge < -0.3 is 8.92 Å². The number of methoxy groups -OCH3 is 1. The molecule has 0 heterocycles. The Hall–Kier alpha value is -2.35. The summed E-state index contributed by atoms with van der Waals surface area (Å²) < 4.78 is 36.4. The molecule has 0 unspecified atom stereocenters. The van der Waals surface area contributed by atoms with Crippen LogP contribution >= 0.6 is 27.5 Å². The van der Waals surface area contributed by atoms with Gasteiger partial charge in [0.1, 0.15) is 4.90 Å². The zero-order valence-electron chi connectivity index (χ0n) is 16.5. The Balaban J connectivity index is 1.91. The number of nitrogens with zero attached hydrogens (tertiary/aromatic N) is 1. The highest BCUT2D eigenvalue weighted by atomic mass is 79.9. The predicted molar refractivity (Wildman–Crippen MR) is 123 cm³/mol. The lowest BCUT2D eigenvalue weighted by atomic mass is 10.1. The van der Waals surface area contributed by atoms with E-state index in [2.05, 4.69) is 20.9 Å². The van der Waals surface area contributed by atoms with Crippen LogP contribution in [0.3, 0.4) is 0 Å². The van der Waals surface area contributed by atoms with Gasteiger partial charge in [-0.05, 0) is 95.0 Å². The van der Waals surface area contributed by atoms with Gasteiger partial charge in [-0.25, -0.2) is 0 Å². The van der Waals surface area contributed by atoms with Crippen molar-refractivity contribution in [2.75, 3.05) is 7.11 Å². The van der Waals surface area contributed by atoms with E-state index in [0.29, 0.717) is 15.1 Å². The molecule has 0 spiro atoms. The summed E-state index contributed by atoms with van der Waals surface area (Å²) >= 11 is 9.20. The van der Waals surface area contributed by atoms with Crippen LogP contribution in [0.15, 0.2) is 69.0 Å². The van der Waals surface area contributed by atoms with Crippen molar-refractivity contribution >= 4 is 49.6 Å². The van der Waals surface area contributed by atoms with Crippen molar-refractivity contribution in [3.05, 3.63) is 80.8 Å². The maximum absolute atomic E-state index is 12.6. The van der Waals surface area contributed by atoms with Gasteiger partial charge in [-0.15, -0.1) is 0 Å². The van der Waals surface area contributed by atoms with Gasteiger partial charge in [-0.3, -0.25) is 4.99 Å². The van der Waals surface area contributed by atoms with Crippen LogP contribution in [0.5, 0.6) is 11.5 Å². The molecular formula is C22H19BrClNO4S. The van der Waals surface area contributed by atoms with Crippen molar-refractivity contribution in [2.24, 2.45) is 4.99 Å². The molecule has 0 saturated heterocycles. The van der Waals surface area contributed by atoms with Gasteiger partial charge in [0.05, 0.1) is 17.3 Å². The maximum atomic E-state index is 12.6. The fraction of sp³-hybridized carbons (Fsp3) is 0.136. The first-order valence-corrected chi connectivity index (χ1v) is 11.5. The third kappa shape index (κ3) is 5.22. The first kappa shape index (κ1) is 22.3. The average molecular weight is 509 g/mol. The number of benzene rings is 3. The van der Waals surface area contributed by atoms with E-state index in [-0.39, 0.29) is 16.4 Å². The minimum absolute atomic E-state index is 0.0127. The molecule has 0 aliphatic heterocycles. The molecule has 0 atom stereocenters. The monoisotopic (exact) mass is 507 g/mol. The summed E-state index contributed by atoms with van der Waals surface area (Å²) in [6.45, 7) is 4.07. The molecule has 3 aromatic rings. The van der Waals surface area contributed by atoms with Crippen LogP contribution in [0, 0.1) is 13.8 Å². The minimum atomic E-state index is -4.06. The van der Waals surface area contributed by atoms with Crippen LogP contribution in [0.4, 0.5) is 5.69 Å². The van der Waals surface area contributed by atoms with E-state index in [4.69, 9.17) is 20.5 Å². The fourth-order valence-electron chi connectivity index (χ4n) is 2.61. The first-order valence-electron chi connectivity index (χ1n) is 8.88. The molecular weight excluding hydrogens is 490 g/mol. The van der Waals surface area contributed by atoms with Gasteiger partial charge in [0.2, 0.25) is 0 Å². The number of aliphatic imine (C=N–C) groups is 1. The number of aryl methyl sites for hydroxylation is 2. The summed E-state index contributed by atoms with van der Waals surface area (Å²) in [5.41, 5.74) is 3.88. The number of ether oxygens (including phenoxy) is 1. The van der Waals surface area contributed by atoms with Crippen LogP contribution in [0.2, 0.25) is 5.02 Å². The van der Waals surface area contributed by atoms with Crippen molar-refractivity contribution < 1.29 is 17.3 Å². The van der Waals surface area contributed by atoms with E-state index < -0.39 is 10.1 Å². The van der Waals surface area contributed by atoms with Gasteiger partial charge >= 0.3 is 10.1 Å². The number of hydrogen-bond acceptors (Lipinski definition) is 5. The number of halogens is 2. The van der Waals surface area contributed by atoms with Crippen molar-refractivity contribution in [3.8, 4) is 11.5 Å². The molecule has 0 aliphatic rings. The topological polar surface area (TPSA) is 65.0 Å². The lowest BCUT2D eigenvalue weighted by Gasteiger charge is -2.13. The Morgan fingerprint density at radius 3 is 2.33 bits per heavy atom. The third-order valence-electron chi connectivity index (χ3n) is 4.40. The highest BCUT2D eigenvalue weighted by Gasteiger charge is 2.22. The second-order valence-electron chi connectivity index (χ2n) is 6.55. The van der Waals surface area contributed by atoms with E-state index in [9.17, 15) is 8.42 Å². The van der Waals surface area contributed by atoms with Gasteiger partial charge in [0.25, 0.3) is 0 Å². The molecule has 0 saturated carbocycles. The van der Waals surface area contributed by atoms with Crippen LogP contribution in [-0.2, 0) is 10.1 Å². The highest BCUT2D eigenvalue weighted by Crippen LogP contribution is 2.38. The summed E-state index contributed by atoms with van der Waals surface area (Å²) in [7, 11) is -2.63. The Morgan fingerprint density at radius 2 is 1.70 bits per heavy atom. The summed E-state index contributed by atoms with van der Waals surface area (Å²) in [5, 5.41) is 0.431. The van der Waals surface area contributed by atoms with Crippen molar-refractivity contribution in [3.63, 3.8) is 0 Å². The molecule has 0 bridgehead atoms. The molecule has 5 nitrogen and oxygen atoms in total. The van der Waals surface area contributed by atoms with Crippen LogP contribution in [0.25, 0.3) is 0 Å². The van der Waals surface area contributed by atoms with Crippen LogP contribution in [-0.4, -0.2) is 21.7 Å². The molecule has 0 radical (unpaired) electrons. The molecule has 8 heteroatoms. The molecule has 30 heavy (non-hydrogen) atoms. The third-order valence-corrected chi connectivity index (χ3v) is 6.48. The Kier molecular flexibility index (Phi) is 6.85.